The highest BCUT2D eigenvalue weighted by atomic mass is 16.6. The molecule has 1 aliphatic heterocycles. The van der Waals surface area contributed by atoms with Gasteiger partial charge in [-0.15, -0.1) is 0 Å². The smallest absolute Gasteiger partial charge is 0.119 e. The first-order chi connectivity index (χ1) is 15.4. The van der Waals surface area contributed by atoms with Crippen molar-refractivity contribution in [3.05, 3.63) is 138 Å². The molecule has 2 nitrogen and oxygen atoms in total. The van der Waals surface area contributed by atoms with Gasteiger partial charge in [-0.1, -0.05) is 103 Å². The van der Waals surface area contributed by atoms with E-state index in [1.54, 1.807) is 0 Å². The van der Waals surface area contributed by atoms with Gasteiger partial charge in [0.25, 0.3) is 0 Å². The fraction of sp³-hybridized carbons (Fsp3) is 0.103. The molecule has 0 unspecified atom stereocenters. The van der Waals surface area contributed by atoms with Gasteiger partial charge in [-0.2, -0.15) is 0 Å². The van der Waals surface area contributed by atoms with Crippen LogP contribution in [0, 0.1) is 0 Å². The van der Waals surface area contributed by atoms with Gasteiger partial charge in [-0.05, 0) is 45.5 Å². The van der Waals surface area contributed by atoms with Crippen molar-refractivity contribution in [1.29, 1.82) is 0 Å². The summed E-state index contributed by atoms with van der Waals surface area (Å²) in [4.78, 5) is 0. The summed E-state index contributed by atoms with van der Waals surface area (Å²) < 4.78 is 11.1. The van der Waals surface area contributed by atoms with Crippen LogP contribution in [0.25, 0.3) is 11.1 Å². The molecule has 5 rings (SSSR count). The van der Waals surface area contributed by atoms with Gasteiger partial charge in [-0.3, -0.25) is 0 Å². The lowest BCUT2D eigenvalue weighted by Gasteiger charge is -2.18. The molecule has 0 aromatic heterocycles. The number of hydrogen-bond acceptors (Lipinski definition) is 2. The molecule has 31 heavy (non-hydrogen) atoms. The maximum Gasteiger partial charge on any atom is 0.119 e. The molecule has 4 aromatic carbocycles. The minimum Gasteiger partial charge on any atom is -0.491 e. The van der Waals surface area contributed by atoms with Gasteiger partial charge in [0, 0.05) is 0 Å². The summed E-state index contributed by atoms with van der Waals surface area (Å²) >= 11 is 0. The van der Waals surface area contributed by atoms with E-state index in [4.69, 9.17) is 9.47 Å². The monoisotopic (exact) mass is 404 g/mol. The van der Waals surface area contributed by atoms with Crippen LogP contribution >= 0.6 is 0 Å². The number of benzene rings is 4. The zero-order valence-corrected chi connectivity index (χ0v) is 17.3. The Balaban J connectivity index is 1.67. The van der Waals surface area contributed by atoms with Gasteiger partial charge in [0.05, 0.1) is 6.61 Å². The SMILES string of the molecule is c1ccc(C(=C(c2ccccc2)c2ccc(OC[C@@H]3CO3)cc2)c2ccccc2)cc1. The molecule has 1 aliphatic rings. The average molecular weight is 405 g/mol. The summed E-state index contributed by atoms with van der Waals surface area (Å²) in [5.74, 6) is 0.868. The molecule has 0 bridgehead atoms. The highest BCUT2D eigenvalue weighted by Gasteiger charge is 2.23. The molecule has 0 saturated carbocycles. The van der Waals surface area contributed by atoms with Crippen LogP contribution in [0.3, 0.4) is 0 Å². The van der Waals surface area contributed by atoms with Gasteiger partial charge in [0.15, 0.2) is 0 Å². The average Bonchev–Trinajstić information content (AvgIpc) is 3.68. The molecular formula is C29H24O2. The van der Waals surface area contributed by atoms with E-state index in [0.29, 0.717) is 6.61 Å². The van der Waals surface area contributed by atoms with Gasteiger partial charge in [-0.25, -0.2) is 0 Å². The van der Waals surface area contributed by atoms with Crippen LogP contribution in [0.1, 0.15) is 22.3 Å². The molecule has 0 N–H and O–H groups in total. The van der Waals surface area contributed by atoms with E-state index in [9.17, 15) is 0 Å². The summed E-state index contributed by atoms with van der Waals surface area (Å²) in [6, 6.07) is 40.2. The molecular weight excluding hydrogens is 380 g/mol. The highest BCUT2D eigenvalue weighted by molar-refractivity contribution is 6.04. The number of ether oxygens (including phenoxy) is 2. The number of epoxide rings is 1. The predicted octanol–water partition coefficient (Wildman–Crippen LogP) is 6.47. The van der Waals surface area contributed by atoms with Crippen LogP contribution in [0.15, 0.2) is 115 Å². The van der Waals surface area contributed by atoms with Crippen molar-refractivity contribution < 1.29 is 9.47 Å². The summed E-state index contributed by atoms with van der Waals surface area (Å²) in [5.41, 5.74) is 7.15. The third-order valence-corrected chi connectivity index (χ3v) is 5.42. The molecule has 0 amide bonds. The van der Waals surface area contributed by atoms with E-state index in [1.165, 1.54) is 27.8 Å². The Morgan fingerprint density at radius 1 is 0.581 bits per heavy atom. The lowest BCUT2D eigenvalue weighted by Crippen LogP contribution is -2.04. The zero-order chi connectivity index (χ0) is 20.9. The first-order valence-corrected chi connectivity index (χ1v) is 10.6. The van der Waals surface area contributed by atoms with Crippen molar-refractivity contribution in [1.82, 2.24) is 0 Å². The van der Waals surface area contributed by atoms with Gasteiger partial charge in [0.1, 0.15) is 18.5 Å². The highest BCUT2D eigenvalue weighted by Crippen LogP contribution is 2.37. The topological polar surface area (TPSA) is 21.8 Å². The van der Waals surface area contributed by atoms with E-state index in [1.807, 2.05) is 12.1 Å². The van der Waals surface area contributed by atoms with Crippen LogP contribution < -0.4 is 4.74 Å². The van der Waals surface area contributed by atoms with Crippen LogP contribution in [-0.2, 0) is 4.74 Å². The third-order valence-electron chi connectivity index (χ3n) is 5.42. The molecule has 152 valence electrons. The normalized spacial score (nSPS) is 14.6. The summed E-state index contributed by atoms with van der Waals surface area (Å²) in [5, 5.41) is 0. The molecule has 1 heterocycles. The van der Waals surface area contributed by atoms with Gasteiger partial charge >= 0.3 is 0 Å². The maximum atomic E-state index is 5.86. The second kappa shape index (κ2) is 9.03. The van der Waals surface area contributed by atoms with Gasteiger partial charge in [0.2, 0.25) is 0 Å². The van der Waals surface area contributed by atoms with Crippen molar-refractivity contribution in [3.63, 3.8) is 0 Å². The first-order valence-electron chi connectivity index (χ1n) is 10.6. The molecule has 1 fully saturated rings. The summed E-state index contributed by atoms with van der Waals surface area (Å²) in [7, 11) is 0. The standard InChI is InChI=1S/C29H24O2/c1-4-10-22(11-5-1)28(23-12-6-2-7-13-23)29(24-14-8-3-9-15-24)25-16-18-26(19-17-25)30-20-27-21-31-27/h1-19,27H,20-21H2/t27-/m1/s1. The van der Waals surface area contributed by atoms with Crippen LogP contribution in [0.5, 0.6) is 5.75 Å². The van der Waals surface area contributed by atoms with Crippen molar-refractivity contribution >= 4 is 11.1 Å². The molecule has 1 saturated heterocycles. The Morgan fingerprint density at radius 3 is 1.35 bits per heavy atom. The lowest BCUT2D eigenvalue weighted by molar-refractivity contribution is 0.263. The van der Waals surface area contributed by atoms with Crippen LogP contribution in [0.2, 0.25) is 0 Å². The second-order valence-electron chi connectivity index (χ2n) is 7.64. The van der Waals surface area contributed by atoms with E-state index >= 15 is 0 Å². The predicted molar refractivity (Wildman–Crippen MR) is 126 cm³/mol. The molecule has 0 radical (unpaired) electrons. The van der Waals surface area contributed by atoms with Crippen molar-refractivity contribution in [2.24, 2.45) is 0 Å². The Kier molecular flexibility index (Phi) is 5.64. The minimum absolute atomic E-state index is 0.252. The van der Waals surface area contributed by atoms with E-state index in [0.717, 1.165) is 17.9 Å². The molecule has 0 aliphatic carbocycles. The van der Waals surface area contributed by atoms with E-state index < -0.39 is 0 Å². The van der Waals surface area contributed by atoms with Crippen molar-refractivity contribution in [3.8, 4) is 5.75 Å². The Bertz CT molecular complexity index is 1100. The largest absolute Gasteiger partial charge is 0.491 e. The molecule has 0 spiro atoms. The maximum absolute atomic E-state index is 5.86. The van der Waals surface area contributed by atoms with E-state index in [2.05, 4.69) is 103 Å². The quantitative estimate of drug-likeness (QED) is 0.260. The number of hydrogen-bond donors (Lipinski definition) is 0. The Morgan fingerprint density at radius 2 is 0.968 bits per heavy atom. The molecule has 2 heteroatoms. The zero-order valence-electron chi connectivity index (χ0n) is 17.3. The fourth-order valence-corrected chi connectivity index (χ4v) is 3.80. The fourth-order valence-electron chi connectivity index (χ4n) is 3.80. The van der Waals surface area contributed by atoms with Crippen LogP contribution in [-0.4, -0.2) is 19.3 Å². The van der Waals surface area contributed by atoms with E-state index in [-0.39, 0.29) is 6.10 Å². The van der Waals surface area contributed by atoms with Crippen molar-refractivity contribution in [2.75, 3.05) is 13.2 Å². The summed E-state index contributed by atoms with van der Waals surface area (Å²) in [6.45, 7) is 1.41. The molecule has 4 aromatic rings. The van der Waals surface area contributed by atoms with Crippen LogP contribution in [0.4, 0.5) is 0 Å². The Hall–Kier alpha value is -3.62. The minimum atomic E-state index is 0.252. The third kappa shape index (κ3) is 4.60. The Labute approximate surface area is 183 Å². The molecule has 1 atom stereocenters. The second-order valence-corrected chi connectivity index (χ2v) is 7.64. The first kappa shape index (κ1) is 19.3. The number of rotatable bonds is 7. The summed E-state index contributed by atoms with van der Waals surface area (Å²) in [6.07, 6.45) is 0.252. The van der Waals surface area contributed by atoms with Gasteiger partial charge < -0.3 is 9.47 Å². The lowest BCUT2D eigenvalue weighted by atomic mass is 9.86. The van der Waals surface area contributed by atoms with Crippen molar-refractivity contribution in [2.45, 2.75) is 6.10 Å².